The van der Waals surface area contributed by atoms with E-state index in [1.165, 1.54) is 13.2 Å². The Morgan fingerprint density at radius 3 is 2.38 bits per heavy atom. The molecule has 0 radical (unpaired) electrons. The lowest BCUT2D eigenvalue weighted by atomic mass is 9.82. The van der Waals surface area contributed by atoms with Crippen molar-refractivity contribution in [3.63, 3.8) is 0 Å². The quantitative estimate of drug-likeness (QED) is 0.836. The van der Waals surface area contributed by atoms with Gasteiger partial charge in [-0.1, -0.05) is 26.8 Å². The third kappa shape index (κ3) is 4.97. The molecule has 0 heterocycles. The molecule has 0 aliphatic carbocycles. The molecule has 1 aromatic rings. The third-order valence-electron chi connectivity index (χ3n) is 3.61. The van der Waals surface area contributed by atoms with Gasteiger partial charge < -0.3 is 14.8 Å². The van der Waals surface area contributed by atoms with Gasteiger partial charge in [0, 0.05) is 12.6 Å². The Morgan fingerprint density at radius 2 is 1.95 bits per heavy atom. The second kappa shape index (κ2) is 7.76. The van der Waals surface area contributed by atoms with Gasteiger partial charge in [-0.15, -0.1) is 0 Å². The maximum absolute atomic E-state index is 13.8. The normalized spacial score (nSPS) is 14.8. The zero-order valence-electron chi connectivity index (χ0n) is 14.0. The lowest BCUT2D eigenvalue weighted by Crippen LogP contribution is -2.48. The first-order valence-corrected chi connectivity index (χ1v) is 7.44. The molecule has 0 saturated heterocycles. The van der Waals surface area contributed by atoms with Crippen LogP contribution in [0.15, 0.2) is 18.2 Å². The fraction of sp³-hybridized carbons (Fsp3) is 0.647. The third-order valence-corrected chi connectivity index (χ3v) is 3.61. The Bertz CT molecular complexity index is 443. The van der Waals surface area contributed by atoms with Crippen molar-refractivity contribution in [2.24, 2.45) is 5.41 Å². The van der Waals surface area contributed by atoms with Crippen LogP contribution in [0.3, 0.4) is 0 Å². The molecule has 0 spiro atoms. The number of methoxy groups -OCH3 is 1. The molecule has 0 aliphatic rings. The summed E-state index contributed by atoms with van der Waals surface area (Å²) < 4.78 is 24.7. The fourth-order valence-corrected chi connectivity index (χ4v) is 2.60. The molecule has 2 unspecified atom stereocenters. The van der Waals surface area contributed by atoms with E-state index in [0.717, 1.165) is 5.56 Å². The first kappa shape index (κ1) is 17.9. The highest BCUT2D eigenvalue weighted by atomic mass is 19.1. The standard InChI is InChI=1S/C17H28FNO2/c1-7-21-16(17(2,3)4)14(19-5)11-12-8-9-15(20-6)13(18)10-12/h8-10,14,16,19H,7,11H2,1-6H3. The molecule has 1 rings (SSSR count). The summed E-state index contributed by atoms with van der Waals surface area (Å²) in [6.45, 7) is 9.14. The molecule has 2 atom stereocenters. The van der Waals surface area contributed by atoms with Gasteiger partial charge in [0.2, 0.25) is 0 Å². The summed E-state index contributed by atoms with van der Waals surface area (Å²) in [6.07, 6.45) is 0.761. The first-order chi connectivity index (χ1) is 9.83. The monoisotopic (exact) mass is 297 g/mol. The van der Waals surface area contributed by atoms with Crippen molar-refractivity contribution in [2.75, 3.05) is 20.8 Å². The van der Waals surface area contributed by atoms with E-state index in [4.69, 9.17) is 9.47 Å². The van der Waals surface area contributed by atoms with Crippen LogP contribution in [0.2, 0.25) is 0 Å². The van der Waals surface area contributed by atoms with Crippen LogP contribution in [0.1, 0.15) is 33.3 Å². The largest absolute Gasteiger partial charge is 0.494 e. The van der Waals surface area contributed by atoms with Crippen LogP contribution in [0, 0.1) is 11.2 Å². The number of rotatable bonds is 7. The summed E-state index contributed by atoms with van der Waals surface area (Å²) in [4.78, 5) is 0. The molecule has 3 nitrogen and oxygen atoms in total. The molecule has 0 aliphatic heterocycles. The van der Waals surface area contributed by atoms with Crippen LogP contribution in [-0.2, 0) is 11.2 Å². The number of hydrogen-bond acceptors (Lipinski definition) is 3. The number of likely N-dealkylation sites (N-methyl/N-ethyl adjacent to an activating group) is 1. The van der Waals surface area contributed by atoms with E-state index in [-0.39, 0.29) is 29.1 Å². The van der Waals surface area contributed by atoms with Crippen molar-refractivity contribution in [3.8, 4) is 5.75 Å². The highest BCUT2D eigenvalue weighted by Gasteiger charge is 2.32. The summed E-state index contributed by atoms with van der Waals surface area (Å²) >= 11 is 0. The number of nitrogens with one attached hydrogen (secondary N) is 1. The molecule has 120 valence electrons. The van der Waals surface area contributed by atoms with Crippen LogP contribution in [-0.4, -0.2) is 32.9 Å². The molecule has 0 aromatic heterocycles. The minimum absolute atomic E-state index is 0.00863. The molecule has 0 bridgehead atoms. The van der Waals surface area contributed by atoms with Gasteiger partial charge in [-0.25, -0.2) is 4.39 Å². The van der Waals surface area contributed by atoms with Gasteiger partial charge in [-0.3, -0.25) is 0 Å². The lowest BCUT2D eigenvalue weighted by Gasteiger charge is -2.36. The molecule has 0 amide bonds. The summed E-state index contributed by atoms with van der Waals surface area (Å²) in [5.41, 5.74) is 0.941. The summed E-state index contributed by atoms with van der Waals surface area (Å²) in [7, 11) is 3.39. The lowest BCUT2D eigenvalue weighted by molar-refractivity contribution is -0.0340. The van der Waals surface area contributed by atoms with Gasteiger partial charge in [0.05, 0.1) is 13.2 Å². The summed E-state index contributed by atoms with van der Waals surface area (Å²) in [5, 5.41) is 3.31. The number of halogens is 1. The highest BCUT2D eigenvalue weighted by molar-refractivity contribution is 5.29. The Labute approximate surface area is 127 Å². The number of ether oxygens (including phenoxy) is 2. The molecular weight excluding hydrogens is 269 g/mol. The van der Waals surface area contributed by atoms with E-state index in [2.05, 4.69) is 26.1 Å². The zero-order chi connectivity index (χ0) is 16.0. The smallest absolute Gasteiger partial charge is 0.165 e. The second-order valence-corrected chi connectivity index (χ2v) is 6.31. The fourth-order valence-electron chi connectivity index (χ4n) is 2.60. The first-order valence-electron chi connectivity index (χ1n) is 7.44. The maximum atomic E-state index is 13.8. The summed E-state index contributed by atoms with van der Waals surface area (Å²) in [6, 6.07) is 5.23. The molecule has 1 N–H and O–H groups in total. The van der Waals surface area contributed by atoms with Crippen molar-refractivity contribution in [1.29, 1.82) is 0 Å². The van der Waals surface area contributed by atoms with Crippen molar-refractivity contribution in [1.82, 2.24) is 5.32 Å². The molecular formula is C17H28FNO2. The van der Waals surface area contributed by atoms with Gasteiger partial charge >= 0.3 is 0 Å². The van der Waals surface area contributed by atoms with E-state index in [1.54, 1.807) is 6.07 Å². The molecule has 1 aromatic carbocycles. The highest BCUT2D eigenvalue weighted by Crippen LogP contribution is 2.27. The van der Waals surface area contributed by atoms with Crippen LogP contribution < -0.4 is 10.1 Å². The van der Waals surface area contributed by atoms with Crippen LogP contribution >= 0.6 is 0 Å². The zero-order valence-corrected chi connectivity index (χ0v) is 14.0. The van der Waals surface area contributed by atoms with Gasteiger partial charge in [0.25, 0.3) is 0 Å². The molecule has 0 saturated carbocycles. The minimum atomic E-state index is -0.325. The average molecular weight is 297 g/mol. The van der Waals surface area contributed by atoms with Gasteiger partial charge in [0.15, 0.2) is 11.6 Å². The maximum Gasteiger partial charge on any atom is 0.165 e. The SMILES string of the molecule is CCOC(C(Cc1ccc(OC)c(F)c1)NC)C(C)(C)C. The molecule has 21 heavy (non-hydrogen) atoms. The Morgan fingerprint density at radius 1 is 1.29 bits per heavy atom. The van der Waals surface area contributed by atoms with Crippen LogP contribution in [0.25, 0.3) is 0 Å². The predicted molar refractivity (Wildman–Crippen MR) is 84.4 cm³/mol. The second-order valence-electron chi connectivity index (χ2n) is 6.31. The van der Waals surface area contributed by atoms with E-state index in [0.29, 0.717) is 13.0 Å². The Balaban J connectivity index is 2.92. The van der Waals surface area contributed by atoms with Crippen molar-refractivity contribution in [3.05, 3.63) is 29.6 Å². The van der Waals surface area contributed by atoms with Crippen molar-refractivity contribution in [2.45, 2.75) is 46.3 Å². The van der Waals surface area contributed by atoms with Crippen LogP contribution in [0.4, 0.5) is 4.39 Å². The average Bonchev–Trinajstić information content (AvgIpc) is 2.41. The van der Waals surface area contributed by atoms with E-state index >= 15 is 0 Å². The topological polar surface area (TPSA) is 30.5 Å². The summed E-state index contributed by atoms with van der Waals surface area (Å²) in [5.74, 6) is -0.0505. The predicted octanol–water partition coefficient (Wildman–Crippen LogP) is 3.42. The number of benzene rings is 1. The van der Waals surface area contributed by atoms with E-state index < -0.39 is 0 Å². The van der Waals surface area contributed by atoms with Gasteiger partial charge in [0.1, 0.15) is 0 Å². The van der Waals surface area contributed by atoms with Gasteiger partial charge in [-0.05, 0) is 43.5 Å². The van der Waals surface area contributed by atoms with Crippen molar-refractivity contribution < 1.29 is 13.9 Å². The van der Waals surface area contributed by atoms with E-state index in [1.807, 2.05) is 20.0 Å². The van der Waals surface area contributed by atoms with E-state index in [9.17, 15) is 4.39 Å². The minimum Gasteiger partial charge on any atom is -0.494 e. The molecule has 4 heteroatoms. The number of hydrogen-bond donors (Lipinski definition) is 1. The Kier molecular flexibility index (Phi) is 6.62. The Hall–Kier alpha value is -1.13. The van der Waals surface area contributed by atoms with Gasteiger partial charge in [-0.2, -0.15) is 0 Å². The molecule has 0 fully saturated rings. The van der Waals surface area contributed by atoms with Crippen molar-refractivity contribution >= 4 is 0 Å². The van der Waals surface area contributed by atoms with Crippen LogP contribution in [0.5, 0.6) is 5.75 Å².